The van der Waals surface area contributed by atoms with Crippen LogP contribution in [0, 0.1) is 40.7 Å². The van der Waals surface area contributed by atoms with Gasteiger partial charge >= 0.3 is 26.2 Å². The average molecular weight is 591 g/mol. The van der Waals surface area contributed by atoms with Crippen molar-refractivity contribution < 1.29 is 26.2 Å². The van der Waals surface area contributed by atoms with Crippen molar-refractivity contribution in [1.29, 1.82) is 0 Å². The van der Waals surface area contributed by atoms with Crippen molar-refractivity contribution in [1.82, 2.24) is 9.78 Å². The summed E-state index contributed by atoms with van der Waals surface area (Å²) < 4.78 is 1.85. The zero-order chi connectivity index (χ0) is 27.5. The predicted octanol–water partition coefficient (Wildman–Crippen LogP) is 9.27. The van der Waals surface area contributed by atoms with E-state index in [1.54, 1.807) is 0 Å². The van der Waals surface area contributed by atoms with Crippen LogP contribution in [0.2, 0.25) is 0 Å². The van der Waals surface area contributed by atoms with Crippen LogP contribution in [-0.2, 0) is 31.7 Å². The van der Waals surface area contributed by atoms with Crippen LogP contribution in [0.25, 0.3) is 11.0 Å². The number of aromatic nitrogens is 2. The minimum absolute atomic E-state index is 0. The molecule has 0 bridgehead atoms. The Balaban J connectivity index is 0.000000289. The van der Waals surface area contributed by atoms with Crippen LogP contribution in [-0.4, -0.2) is 9.78 Å². The van der Waals surface area contributed by atoms with Gasteiger partial charge in [0.1, 0.15) is 0 Å². The molecule has 0 aliphatic carbocycles. The van der Waals surface area contributed by atoms with Gasteiger partial charge in [-0.3, -0.25) is 4.68 Å². The van der Waals surface area contributed by atoms with Gasteiger partial charge in [0.25, 0.3) is 0 Å². The fraction of sp³-hybridized carbons (Fsp3) is 0.171. The monoisotopic (exact) mass is 589 g/mol. The first kappa shape index (κ1) is 31.7. The molecule has 3 nitrogen and oxygen atoms in total. The molecule has 0 unspecified atom stereocenters. The van der Waals surface area contributed by atoms with Crippen molar-refractivity contribution in [3.8, 4) is 5.69 Å². The molecule has 4 aromatic carbocycles. The first-order valence-electron chi connectivity index (χ1n) is 12.7. The molecule has 1 radical (unpaired) electrons. The molecular formula is C35H37N3Zr-. The molecule has 0 aliphatic rings. The molecule has 0 saturated carbocycles. The number of nitrogens with zero attached hydrogens (tertiary/aromatic N) is 3. The molecule has 0 aliphatic heterocycles. The predicted molar refractivity (Wildman–Crippen MR) is 161 cm³/mol. The number of hydrogen-bond acceptors (Lipinski definition) is 1. The zero-order valence-corrected chi connectivity index (χ0v) is 26.1. The van der Waals surface area contributed by atoms with Crippen LogP contribution in [0.15, 0.2) is 109 Å². The van der Waals surface area contributed by atoms with Gasteiger partial charge in [-0.2, -0.15) is 78.6 Å². The molecule has 1 aromatic heterocycles. The second-order valence-electron chi connectivity index (χ2n) is 9.78. The Morgan fingerprint density at radius 2 is 1.26 bits per heavy atom. The number of para-hydroxylation sites is 1. The van der Waals surface area contributed by atoms with E-state index < -0.39 is 5.54 Å². The summed E-state index contributed by atoms with van der Waals surface area (Å²) in [6.07, 6.45) is 1.97. The molecule has 1 heterocycles. The topological polar surface area (TPSA) is 31.9 Å². The molecule has 0 spiro atoms. The number of benzene rings is 4. The van der Waals surface area contributed by atoms with Crippen molar-refractivity contribution in [3.05, 3.63) is 168 Å². The third-order valence-corrected chi connectivity index (χ3v) is 5.87. The maximum Gasteiger partial charge on any atom is 3.00 e. The van der Waals surface area contributed by atoms with Gasteiger partial charge in [0.05, 0.1) is 5.69 Å². The normalized spacial score (nSPS) is 10.2. The summed E-state index contributed by atoms with van der Waals surface area (Å²) in [6.45, 7) is 18.0. The van der Waals surface area contributed by atoms with E-state index in [9.17, 15) is 0 Å². The van der Waals surface area contributed by atoms with E-state index in [0.717, 1.165) is 28.2 Å². The molecule has 4 heteroatoms. The zero-order valence-electron chi connectivity index (χ0n) is 23.6. The van der Waals surface area contributed by atoms with E-state index in [4.69, 9.17) is 10.4 Å². The standard InChI is InChI=1S/C21H23N3.2C7H7.Zr/c1-15-13-16(2)20(17(3)14-15)22-21(4,5)19-11-12-24(23-19)18-9-7-6-8-10-18;2*1-7-5-3-2-4-6-7;/h6-9,11-14H,1-5H3;2*2-6H,1H2;/q-2;2*-1;+3. The molecule has 5 aromatic rings. The van der Waals surface area contributed by atoms with Crippen LogP contribution in [0.5, 0.6) is 0 Å². The van der Waals surface area contributed by atoms with Gasteiger partial charge in [0.15, 0.2) is 0 Å². The molecule has 0 N–H and O–H groups in total. The molecular weight excluding hydrogens is 554 g/mol. The van der Waals surface area contributed by atoms with Gasteiger partial charge < -0.3 is 5.32 Å². The first-order chi connectivity index (χ1) is 18.2. The van der Waals surface area contributed by atoms with Crippen molar-refractivity contribution >= 4 is 5.69 Å². The van der Waals surface area contributed by atoms with E-state index in [1.165, 1.54) is 16.7 Å². The van der Waals surface area contributed by atoms with Gasteiger partial charge in [-0.05, 0) is 32.5 Å². The minimum atomic E-state index is -0.398. The van der Waals surface area contributed by atoms with Gasteiger partial charge in [0, 0.05) is 6.20 Å². The van der Waals surface area contributed by atoms with Gasteiger partial charge in [0.2, 0.25) is 0 Å². The van der Waals surface area contributed by atoms with Gasteiger partial charge in [-0.1, -0.05) is 60.3 Å². The summed E-state index contributed by atoms with van der Waals surface area (Å²) in [5.74, 6) is 0. The van der Waals surface area contributed by atoms with Crippen molar-refractivity contribution in [2.24, 2.45) is 0 Å². The summed E-state index contributed by atoms with van der Waals surface area (Å²) in [6, 6.07) is 37.2. The Morgan fingerprint density at radius 3 is 1.69 bits per heavy atom. The van der Waals surface area contributed by atoms with E-state index in [1.807, 2.05) is 102 Å². The fourth-order valence-corrected chi connectivity index (χ4v) is 3.95. The third kappa shape index (κ3) is 9.96. The van der Waals surface area contributed by atoms with E-state index in [-0.39, 0.29) is 26.2 Å². The Kier molecular flexibility index (Phi) is 12.4. The van der Waals surface area contributed by atoms with Crippen molar-refractivity contribution in [3.63, 3.8) is 0 Å². The van der Waals surface area contributed by atoms with E-state index >= 15 is 0 Å². The minimum Gasteiger partial charge on any atom is -0.674 e. The van der Waals surface area contributed by atoms with Crippen LogP contribution in [0.1, 0.15) is 47.4 Å². The van der Waals surface area contributed by atoms with Gasteiger partial charge in [-0.25, -0.2) is 0 Å². The van der Waals surface area contributed by atoms with Crippen LogP contribution < -0.4 is 0 Å². The Labute approximate surface area is 254 Å². The molecule has 0 saturated heterocycles. The number of rotatable bonds is 4. The van der Waals surface area contributed by atoms with Crippen molar-refractivity contribution in [2.45, 2.75) is 40.2 Å². The summed E-state index contributed by atoms with van der Waals surface area (Å²) >= 11 is 0. The molecule has 39 heavy (non-hydrogen) atoms. The second-order valence-corrected chi connectivity index (χ2v) is 9.78. The molecule has 197 valence electrons. The Bertz CT molecular complexity index is 1330. The maximum absolute atomic E-state index is 5.02. The molecule has 0 amide bonds. The molecule has 5 rings (SSSR count). The van der Waals surface area contributed by atoms with Crippen LogP contribution >= 0.6 is 0 Å². The summed E-state index contributed by atoms with van der Waals surface area (Å²) in [5, 5.41) is 9.74. The van der Waals surface area contributed by atoms with E-state index in [2.05, 4.69) is 66.7 Å². The number of aryl methyl sites for hydroxylation is 3. The SMILES string of the molecule is Cc1cc(C)c([N-]C(C)(C)c2ccn(-c3[c-]cccc3)n2)c(C)c1.[CH2-]c1ccccc1.[CH2-]c1ccccc1.[Zr+3]. The number of hydrogen-bond donors (Lipinski definition) is 0. The maximum atomic E-state index is 5.02. The average Bonchev–Trinajstić information content (AvgIpc) is 3.40. The van der Waals surface area contributed by atoms with E-state index in [0.29, 0.717) is 0 Å². The Hall–Kier alpha value is -3.49. The molecule has 0 atom stereocenters. The Morgan fingerprint density at radius 1 is 0.744 bits per heavy atom. The largest absolute Gasteiger partial charge is 3.00 e. The van der Waals surface area contributed by atoms with Crippen LogP contribution in [0.4, 0.5) is 5.69 Å². The fourth-order valence-electron chi connectivity index (χ4n) is 3.95. The summed E-state index contributed by atoms with van der Waals surface area (Å²) in [4.78, 5) is 0. The second kappa shape index (κ2) is 15.2. The smallest absolute Gasteiger partial charge is 0.674 e. The summed E-state index contributed by atoms with van der Waals surface area (Å²) in [5.41, 5.74) is 8.36. The third-order valence-electron chi connectivity index (χ3n) is 5.87. The first-order valence-corrected chi connectivity index (χ1v) is 12.7. The summed E-state index contributed by atoms with van der Waals surface area (Å²) in [7, 11) is 0. The quantitative estimate of drug-likeness (QED) is 0.192. The van der Waals surface area contributed by atoms with Gasteiger partial charge in [-0.15, -0.1) is 36.0 Å². The van der Waals surface area contributed by atoms with Crippen molar-refractivity contribution in [2.75, 3.05) is 0 Å². The van der Waals surface area contributed by atoms with Crippen LogP contribution in [0.3, 0.4) is 0 Å². The molecule has 0 fully saturated rings.